The number of fused-ring (bicyclic) bond motifs is 1. The molecule has 1 aromatic heterocycles. The molecule has 2 N–H and O–H groups in total. The number of aromatic nitrogens is 1. The second-order valence-corrected chi connectivity index (χ2v) is 11.3. The van der Waals surface area contributed by atoms with Gasteiger partial charge in [0.1, 0.15) is 23.4 Å². The van der Waals surface area contributed by atoms with Crippen molar-refractivity contribution in [2.24, 2.45) is 0 Å². The van der Waals surface area contributed by atoms with Gasteiger partial charge in [-0.2, -0.15) is 8.42 Å². The molecule has 1 unspecified atom stereocenters. The minimum absolute atomic E-state index is 0.0795. The molecule has 4 aromatic rings. The number of benzene rings is 3. The monoisotopic (exact) mass is 589 g/mol. The molecule has 0 aliphatic carbocycles. The van der Waals surface area contributed by atoms with Crippen molar-refractivity contribution < 1.29 is 31.5 Å². The van der Waals surface area contributed by atoms with Crippen LogP contribution >= 0.6 is 11.3 Å². The van der Waals surface area contributed by atoms with E-state index in [9.17, 15) is 26.8 Å². The quantitative estimate of drug-likeness (QED) is 0.306. The van der Waals surface area contributed by atoms with Gasteiger partial charge in [-0.05, 0) is 48.0 Å². The number of likely N-dealkylation sites (N-methyl/N-ethyl adjacent to an activating group) is 1. The topological polar surface area (TPSA) is 121 Å². The van der Waals surface area contributed by atoms with Gasteiger partial charge in [-0.1, -0.05) is 6.07 Å². The van der Waals surface area contributed by atoms with E-state index in [1.54, 1.807) is 35.8 Å². The fourth-order valence-corrected chi connectivity index (χ4v) is 5.38. The lowest BCUT2D eigenvalue weighted by Gasteiger charge is -2.26. The van der Waals surface area contributed by atoms with Gasteiger partial charge in [0, 0.05) is 38.3 Å². The van der Waals surface area contributed by atoms with Crippen molar-refractivity contribution in [2.75, 3.05) is 30.4 Å². The summed E-state index contributed by atoms with van der Waals surface area (Å²) in [6, 6.07) is 11.4. The van der Waals surface area contributed by atoms with Crippen LogP contribution in [-0.2, 0) is 21.4 Å². The van der Waals surface area contributed by atoms with E-state index in [1.165, 1.54) is 49.6 Å². The average molecular weight is 590 g/mol. The highest BCUT2D eigenvalue weighted by Crippen LogP contribution is 2.25. The number of methoxy groups -OCH3 is 1. The zero-order valence-corrected chi connectivity index (χ0v) is 23.2. The summed E-state index contributed by atoms with van der Waals surface area (Å²) in [6.07, 6.45) is -0.323. The van der Waals surface area contributed by atoms with Gasteiger partial charge < -0.3 is 15.0 Å². The Kier molecular flexibility index (Phi) is 8.49. The molecule has 40 heavy (non-hydrogen) atoms. The summed E-state index contributed by atoms with van der Waals surface area (Å²) < 4.78 is 62.3. The number of nitrogens with one attached hydrogen (secondary N) is 2. The third kappa shape index (κ3) is 6.63. The second-order valence-electron chi connectivity index (χ2n) is 8.69. The van der Waals surface area contributed by atoms with Crippen LogP contribution in [0.3, 0.4) is 0 Å². The number of urea groups is 1. The van der Waals surface area contributed by atoms with E-state index in [2.05, 4.69) is 10.3 Å². The first-order chi connectivity index (χ1) is 19.0. The van der Waals surface area contributed by atoms with Crippen LogP contribution in [0.4, 0.5) is 25.0 Å². The number of rotatable bonds is 9. The van der Waals surface area contributed by atoms with Crippen LogP contribution in [0.15, 0.2) is 66.2 Å². The van der Waals surface area contributed by atoms with Gasteiger partial charge in [-0.15, -0.1) is 11.3 Å². The van der Waals surface area contributed by atoms with E-state index in [1.807, 2.05) is 4.72 Å². The number of halogens is 2. The van der Waals surface area contributed by atoms with Gasteiger partial charge in [0.2, 0.25) is 5.91 Å². The maximum Gasteiger partial charge on any atom is 0.330 e. The van der Waals surface area contributed by atoms with Crippen LogP contribution in [0.2, 0.25) is 0 Å². The number of anilines is 2. The number of hydrogen-bond acceptors (Lipinski definition) is 7. The maximum atomic E-state index is 13.9. The standard InChI is InChI=1S/C26H25F2N5O5S2/c1-32(19-7-8-24-22(14-19)29-15-39-24)25(34)23(11-16-9-17(27)12-18(28)10-16)30-26(35)31-40(36,37)33(2)20-5-4-6-21(13-20)38-3/h4-10,12-15,23H,11H2,1-3H3,(H2,30,31,35). The van der Waals surface area contributed by atoms with E-state index >= 15 is 0 Å². The fraction of sp³-hybridized carbons (Fsp3) is 0.192. The van der Waals surface area contributed by atoms with E-state index in [-0.39, 0.29) is 17.7 Å². The van der Waals surface area contributed by atoms with E-state index in [0.29, 0.717) is 23.0 Å². The minimum atomic E-state index is -4.42. The summed E-state index contributed by atoms with van der Waals surface area (Å²) >= 11 is 1.42. The molecule has 0 saturated heterocycles. The van der Waals surface area contributed by atoms with E-state index in [0.717, 1.165) is 21.1 Å². The predicted molar refractivity (Wildman–Crippen MR) is 149 cm³/mol. The van der Waals surface area contributed by atoms with Gasteiger partial charge in [-0.25, -0.2) is 23.3 Å². The first-order valence-electron chi connectivity index (χ1n) is 11.7. The van der Waals surface area contributed by atoms with Gasteiger partial charge in [0.15, 0.2) is 0 Å². The highest BCUT2D eigenvalue weighted by molar-refractivity contribution is 7.91. The minimum Gasteiger partial charge on any atom is -0.497 e. The molecule has 0 spiro atoms. The SMILES string of the molecule is COc1cccc(N(C)S(=O)(=O)NC(=O)NC(Cc2cc(F)cc(F)c2)C(=O)N(C)c2ccc3scnc3c2)c1. The molecule has 4 rings (SSSR count). The molecule has 0 fully saturated rings. The number of carbonyl (C=O) groups excluding carboxylic acids is 2. The summed E-state index contributed by atoms with van der Waals surface area (Å²) in [5.41, 5.74) is 3.05. The summed E-state index contributed by atoms with van der Waals surface area (Å²) in [6.45, 7) is 0. The van der Waals surface area contributed by atoms with Gasteiger partial charge in [0.25, 0.3) is 0 Å². The summed E-state index contributed by atoms with van der Waals surface area (Å²) in [5.74, 6) is -1.99. The molecular formula is C26H25F2N5O5S2. The third-order valence-electron chi connectivity index (χ3n) is 6.00. The average Bonchev–Trinajstić information content (AvgIpc) is 3.38. The Morgan fingerprint density at radius 1 is 1.02 bits per heavy atom. The molecule has 210 valence electrons. The van der Waals surface area contributed by atoms with Crippen molar-refractivity contribution in [3.05, 3.63) is 83.4 Å². The molecule has 0 saturated carbocycles. The lowest BCUT2D eigenvalue weighted by molar-refractivity contribution is -0.120. The number of thiazole rings is 1. The zero-order chi connectivity index (χ0) is 29.0. The van der Waals surface area contributed by atoms with Crippen LogP contribution < -0.4 is 24.0 Å². The Labute approximate surface area is 233 Å². The Balaban J connectivity index is 1.57. The van der Waals surface area contributed by atoms with Crippen molar-refractivity contribution in [1.29, 1.82) is 0 Å². The number of nitrogens with zero attached hydrogens (tertiary/aromatic N) is 3. The largest absolute Gasteiger partial charge is 0.497 e. The molecule has 10 nitrogen and oxygen atoms in total. The highest BCUT2D eigenvalue weighted by Gasteiger charge is 2.29. The van der Waals surface area contributed by atoms with E-state index in [4.69, 9.17) is 4.74 Å². The molecule has 0 bridgehead atoms. The number of amides is 3. The van der Waals surface area contributed by atoms with Crippen molar-refractivity contribution in [1.82, 2.24) is 15.0 Å². The summed E-state index contributed by atoms with van der Waals surface area (Å²) in [4.78, 5) is 31.9. The Hall–Kier alpha value is -4.30. The summed E-state index contributed by atoms with van der Waals surface area (Å²) in [7, 11) is -0.311. The van der Waals surface area contributed by atoms with Crippen LogP contribution in [0.25, 0.3) is 10.2 Å². The first kappa shape index (κ1) is 28.7. The molecule has 1 heterocycles. The molecule has 0 aliphatic heterocycles. The number of ether oxygens (including phenoxy) is 1. The van der Waals surface area contributed by atoms with Crippen LogP contribution in [0.1, 0.15) is 5.56 Å². The molecular weight excluding hydrogens is 564 g/mol. The van der Waals surface area contributed by atoms with Crippen LogP contribution in [0, 0.1) is 11.6 Å². The first-order valence-corrected chi connectivity index (χ1v) is 14.1. The third-order valence-corrected chi connectivity index (χ3v) is 8.18. The number of hydrogen-bond donors (Lipinski definition) is 2. The molecule has 1 atom stereocenters. The van der Waals surface area contributed by atoms with Crippen LogP contribution in [0.5, 0.6) is 5.75 Å². The fourth-order valence-electron chi connectivity index (χ4n) is 3.90. The normalized spacial score (nSPS) is 12.0. The van der Waals surface area contributed by atoms with E-state index < -0.39 is 39.8 Å². The zero-order valence-electron chi connectivity index (χ0n) is 21.6. The lowest BCUT2D eigenvalue weighted by Crippen LogP contribution is -2.54. The van der Waals surface area contributed by atoms with Crippen molar-refractivity contribution in [3.8, 4) is 5.75 Å². The maximum absolute atomic E-state index is 13.9. The molecule has 14 heteroatoms. The lowest BCUT2D eigenvalue weighted by atomic mass is 10.0. The Morgan fingerprint density at radius 2 is 1.75 bits per heavy atom. The number of carbonyl (C=O) groups is 2. The molecule has 0 radical (unpaired) electrons. The second kappa shape index (κ2) is 11.8. The molecule has 0 aliphatic rings. The summed E-state index contributed by atoms with van der Waals surface area (Å²) in [5, 5.41) is 2.34. The molecule has 3 aromatic carbocycles. The molecule has 3 amide bonds. The van der Waals surface area contributed by atoms with Crippen molar-refractivity contribution >= 4 is 55.1 Å². The predicted octanol–water partition coefficient (Wildman–Crippen LogP) is 3.84. The van der Waals surface area contributed by atoms with Gasteiger partial charge in [-0.3, -0.25) is 9.10 Å². The van der Waals surface area contributed by atoms with Crippen LogP contribution in [-0.4, -0.2) is 52.6 Å². The highest BCUT2D eigenvalue weighted by atomic mass is 32.2. The van der Waals surface area contributed by atoms with Crippen molar-refractivity contribution in [3.63, 3.8) is 0 Å². The van der Waals surface area contributed by atoms with Gasteiger partial charge >= 0.3 is 16.2 Å². The smallest absolute Gasteiger partial charge is 0.330 e. The van der Waals surface area contributed by atoms with Gasteiger partial charge in [0.05, 0.1) is 28.5 Å². The van der Waals surface area contributed by atoms with Crippen molar-refractivity contribution in [2.45, 2.75) is 12.5 Å². The Bertz CT molecular complexity index is 1640. The Morgan fingerprint density at radius 3 is 2.45 bits per heavy atom.